The van der Waals surface area contributed by atoms with Gasteiger partial charge in [-0.15, -0.1) is 0 Å². The smallest absolute Gasteiger partial charge is 0.133 e. The summed E-state index contributed by atoms with van der Waals surface area (Å²) in [5.74, 6) is 2.43. The van der Waals surface area contributed by atoms with E-state index in [0.717, 1.165) is 37.0 Å². The summed E-state index contributed by atoms with van der Waals surface area (Å²) in [6.45, 7) is 16.5. The molecule has 4 heteroatoms. The first kappa shape index (κ1) is 17.2. The normalized spacial score (nSPS) is 19.5. The number of rotatable bonds is 4. The monoisotopic (exact) mass is 304 g/mol. The van der Waals surface area contributed by atoms with E-state index >= 15 is 0 Å². The second kappa shape index (κ2) is 6.53. The van der Waals surface area contributed by atoms with Crippen LogP contribution in [0.5, 0.6) is 0 Å². The van der Waals surface area contributed by atoms with E-state index in [1.165, 1.54) is 6.42 Å². The van der Waals surface area contributed by atoms with Gasteiger partial charge in [-0.2, -0.15) is 0 Å². The summed E-state index contributed by atoms with van der Waals surface area (Å²) in [5.41, 5.74) is 1.20. The lowest BCUT2D eigenvalue weighted by molar-refractivity contribution is 0.272. The first-order valence-electron chi connectivity index (χ1n) is 8.57. The van der Waals surface area contributed by atoms with Crippen molar-refractivity contribution in [3.8, 4) is 0 Å². The predicted molar refractivity (Wildman–Crippen MR) is 93.7 cm³/mol. The third-order valence-electron chi connectivity index (χ3n) is 4.62. The quantitative estimate of drug-likeness (QED) is 0.853. The van der Waals surface area contributed by atoms with Crippen LogP contribution in [0.15, 0.2) is 6.07 Å². The van der Waals surface area contributed by atoms with Crippen LogP contribution >= 0.6 is 0 Å². The van der Waals surface area contributed by atoms with E-state index in [2.05, 4.69) is 64.5 Å². The Labute approximate surface area is 135 Å². The van der Waals surface area contributed by atoms with E-state index < -0.39 is 0 Å². The Morgan fingerprint density at radius 2 is 2.00 bits per heavy atom. The molecule has 0 aromatic carbocycles. The van der Waals surface area contributed by atoms with Gasteiger partial charge in [-0.05, 0) is 20.0 Å². The maximum atomic E-state index is 4.84. The highest BCUT2D eigenvalue weighted by atomic mass is 15.3. The van der Waals surface area contributed by atoms with Gasteiger partial charge in [0.2, 0.25) is 0 Å². The minimum absolute atomic E-state index is 0.0562. The van der Waals surface area contributed by atoms with Gasteiger partial charge >= 0.3 is 0 Å². The molecule has 1 fully saturated rings. The topological polar surface area (TPSA) is 32.3 Å². The van der Waals surface area contributed by atoms with Crippen molar-refractivity contribution in [3.63, 3.8) is 0 Å². The maximum Gasteiger partial charge on any atom is 0.133 e. The number of hydrogen-bond acceptors (Lipinski definition) is 4. The Kier molecular flexibility index (Phi) is 5.10. The van der Waals surface area contributed by atoms with Gasteiger partial charge in [0, 0.05) is 36.5 Å². The average Bonchev–Trinajstić information content (AvgIpc) is 2.94. The van der Waals surface area contributed by atoms with Crippen LogP contribution in [0.25, 0.3) is 0 Å². The summed E-state index contributed by atoms with van der Waals surface area (Å²) >= 11 is 0. The molecule has 0 amide bonds. The second-order valence-electron chi connectivity index (χ2n) is 7.84. The fourth-order valence-electron chi connectivity index (χ4n) is 2.82. The van der Waals surface area contributed by atoms with E-state index in [1.807, 2.05) is 0 Å². The zero-order chi connectivity index (χ0) is 16.5. The van der Waals surface area contributed by atoms with Crippen LogP contribution in [0.4, 0.5) is 5.82 Å². The summed E-state index contributed by atoms with van der Waals surface area (Å²) < 4.78 is 0. The van der Waals surface area contributed by atoms with Gasteiger partial charge in [-0.25, -0.2) is 9.97 Å². The molecule has 0 N–H and O–H groups in total. The Morgan fingerprint density at radius 3 is 2.55 bits per heavy atom. The van der Waals surface area contributed by atoms with Crippen LogP contribution in [0.1, 0.15) is 65.4 Å². The zero-order valence-corrected chi connectivity index (χ0v) is 15.3. The molecule has 0 saturated carbocycles. The first-order valence-corrected chi connectivity index (χ1v) is 8.57. The average molecular weight is 304 g/mol. The first-order chi connectivity index (χ1) is 10.2. The van der Waals surface area contributed by atoms with Gasteiger partial charge in [0.15, 0.2) is 0 Å². The van der Waals surface area contributed by atoms with Crippen molar-refractivity contribution in [2.75, 3.05) is 31.6 Å². The highest BCUT2D eigenvalue weighted by Crippen LogP contribution is 2.28. The molecular formula is C18H32N4. The van der Waals surface area contributed by atoms with Gasteiger partial charge in [-0.1, -0.05) is 41.5 Å². The molecule has 0 bridgehead atoms. The molecule has 1 atom stereocenters. The van der Waals surface area contributed by atoms with Gasteiger partial charge in [0.1, 0.15) is 11.6 Å². The van der Waals surface area contributed by atoms with Crippen LogP contribution in [0.3, 0.4) is 0 Å². The molecule has 1 aromatic rings. The summed E-state index contributed by atoms with van der Waals surface area (Å²) in [7, 11) is 2.22. The molecule has 1 saturated heterocycles. The number of aromatic nitrogens is 2. The number of nitrogens with zero attached hydrogens (tertiary/aromatic N) is 4. The molecule has 22 heavy (non-hydrogen) atoms. The highest BCUT2D eigenvalue weighted by molar-refractivity contribution is 5.43. The highest BCUT2D eigenvalue weighted by Gasteiger charge is 2.28. The summed E-state index contributed by atoms with van der Waals surface area (Å²) in [6.07, 6.45) is 1.22. The lowest BCUT2D eigenvalue weighted by Crippen LogP contribution is -2.34. The van der Waals surface area contributed by atoms with E-state index in [-0.39, 0.29) is 5.41 Å². The Balaban J connectivity index is 2.29. The van der Waals surface area contributed by atoms with Crippen LogP contribution < -0.4 is 4.90 Å². The molecule has 4 nitrogen and oxygen atoms in total. The summed E-state index contributed by atoms with van der Waals surface area (Å²) in [5, 5.41) is 0. The molecule has 1 aromatic heterocycles. The van der Waals surface area contributed by atoms with Crippen molar-refractivity contribution in [2.24, 2.45) is 0 Å². The van der Waals surface area contributed by atoms with E-state index in [9.17, 15) is 0 Å². The third kappa shape index (κ3) is 3.78. The predicted octanol–water partition coefficient (Wildman–Crippen LogP) is 3.43. The second-order valence-corrected chi connectivity index (χ2v) is 7.84. The van der Waals surface area contributed by atoms with E-state index in [4.69, 9.17) is 9.97 Å². The van der Waals surface area contributed by atoms with Gasteiger partial charge in [-0.3, -0.25) is 0 Å². The van der Waals surface area contributed by atoms with Crippen molar-refractivity contribution in [3.05, 3.63) is 17.6 Å². The van der Waals surface area contributed by atoms with Crippen LogP contribution in [-0.2, 0) is 5.41 Å². The molecule has 0 spiro atoms. The molecule has 1 aliphatic heterocycles. The Bertz CT molecular complexity index is 504. The molecule has 124 valence electrons. The van der Waals surface area contributed by atoms with Crippen molar-refractivity contribution in [1.82, 2.24) is 14.9 Å². The standard InChI is InChI=1S/C18H32N4/c1-8-21(7)14-9-10-22(12-14)16-11-15(18(4,5)6)19-17(20-16)13(2)3/h11,13-14H,8-10,12H2,1-7H3. The number of likely N-dealkylation sites (N-methyl/N-ethyl adjacent to an activating group) is 1. The minimum atomic E-state index is 0.0562. The summed E-state index contributed by atoms with van der Waals surface area (Å²) in [6, 6.07) is 2.83. The molecule has 2 rings (SSSR count). The van der Waals surface area contributed by atoms with Crippen molar-refractivity contribution in [1.29, 1.82) is 0 Å². The van der Waals surface area contributed by atoms with Gasteiger partial charge in [0.25, 0.3) is 0 Å². The van der Waals surface area contributed by atoms with Crippen molar-refractivity contribution < 1.29 is 0 Å². The van der Waals surface area contributed by atoms with E-state index in [0.29, 0.717) is 12.0 Å². The lowest BCUT2D eigenvalue weighted by atomic mass is 9.91. The fraction of sp³-hybridized carbons (Fsp3) is 0.778. The molecule has 0 aliphatic carbocycles. The Hall–Kier alpha value is -1.16. The molecule has 2 heterocycles. The van der Waals surface area contributed by atoms with Crippen molar-refractivity contribution in [2.45, 2.75) is 65.3 Å². The molecular weight excluding hydrogens is 272 g/mol. The molecule has 1 aliphatic rings. The Morgan fingerprint density at radius 1 is 1.32 bits per heavy atom. The van der Waals surface area contributed by atoms with Crippen molar-refractivity contribution >= 4 is 5.82 Å². The summed E-state index contributed by atoms with van der Waals surface area (Å²) in [4.78, 5) is 14.5. The maximum absolute atomic E-state index is 4.84. The lowest BCUT2D eigenvalue weighted by Gasteiger charge is -2.25. The van der Waals surface area contributed by atoms with Gasteiger partial charge < -0.3 is 9.80 Å². The third-order valence-corrected chi connectivity index (χ3v) is 4.62. The molecule has 0 radical (unpaired) electrons. The largest absolute Gasteiger partial charge is 0.355 e. The number of anilines is 1. The minimum Gasteiger partial charge on any atom is -0.355 e. The van der Waals surface area contributed by atoms with Crippen LogP contribution in [0, 0.1) is 0 Å². The molecule has 1 unspecified atom stereocenters. The van der Waals surface area contributed by atoms with E-state index in [1.54, 1.807) is 0 Å². The zero-order valence-electron chi connectivity index (χ0n) is 15.3. The SMILES string of the molecule is CCN(C)C1CCN(c2cc(C(C)(C)C)nc(C(C)C)n2)C1. The van der Waals surface area contributed by atoms with Crippen LogP contribution in [0.2, 0.25) is 0 Å². The fourth-order valence-corrected chi connectivity index (χ4v) is 2.82. The van der Waals surface area contributed by atoms with Crippen LogP contribution in [-0.4, -0.2) is 47.6 Å². The number of hydrogen-bond donors (Lipinski definition) is 0. The van der Waals surface area contributed by atoms with Gasteiger partial charge in [0.05, 0.1) is 5.69 Å².